The highest BCUT2D eigenvalue weighted by Gasteiger charge is 2.47. The minimum atomic E-state index is -1.36. The van der Waals surface area contributed by atoms with Crippen molar-refractivity contribution in [2.45, 2.75) is 81.2 Å². The smallest absolute Gasteiger partial charge is 0.410 e. The first-order valence-corrected chi connectivity index (χ1v) is 14.1. The molecule has 0 spiro atoms. The van der Waals surface area contributed by atoms with Crippen molar-refractivity contribution >= 4 is 6.09 Å². The molecule has 1 saturated carbocycles. The summed E-state index contributed by atoms with van der Waals surface area (Å²) in [6.07, 6.45) is -4.81. The summed E-state index contributed by atoms with van der Waals surface area (Å²) < 4.78 is 23.4. The van der Waals surface area contributed by atoms with Crippen LogP contribution in [0.2, 0.25) is 0 Å². The number of carbonyl (C=O) groups is 1. The maximum Gasteiger partial charge on any atom is 0.410 e. The van der Waals surface area contributed by atoms with Crippen molar-refractivity contribution in [1.82, 2.24) is 4.90 Å². The fraction of sp³-hybridized carbons (Fsp3) is 0.536. The quantitative estimate of drug-likeness (QED) is 0.185. The summed E-state index contributed by atoms with van der Waals surface area (Å²) in [6.45, 7) is 0.493. The van der Waals surface area contributed by atoms with E-state index in [1.807, 2.05) is 60.7 Å². The second-order valence-corrected chi connectivity index (χ2v) is 10.5. The second kappa shape index (κ2) is 16.4. The van der Waals surface area contributed by atoms with Crippen molar-refractivity contribution in [3.63, 3.8) is 0 Å². The first-order chi connectivity index (χ1) is 21.5. The molecule has 2 aliphatic rings. The number of methoxy groups -OCH3 is 1. The molecule has 1 N–H and O–H groups in total. The van der Waals surface area contributed by atoms with Gasteiger partial charge in [0.2, 0.25) is 0 Å². The average molecular weight is 607 g/mol. The van der Waals surface area contributed by atoms with E-state index in [0.29, 0.717) is 12.8 Å². The van der Waals surface area contributed by atoms with Gasteiger partial charge in [-0.1, -0.05) is 76.0 Å². The van der Waals surface area contributed by atoms with Crippen LogP contribution in [0, 0.1) is 0 Å². The van der Waals surface area contributed by atoms with E-state index >= 15 is 0 Å². The Kier molecular flexibility index (Phi) is 12.0. The molecule has 0 bridgehead atoms. The molecule has 2 aromatic carbocycles. The molecule has 4 rings (SSSR count). The molecule has 44 heavy (non-hydrogen) atoms. The second-order valence-electron chi connectivity index (χ2n) is 10.5. The third-order valence-corrected chi connectivity index (χ3v) is 7.61. The minimum absolute atomic E-state index is 0.0504. The number of azide groups is 3. The standard InChI is InChI=1S/C28H34N10O6/c1-41-25-22(33-36-30)14-23(34-37-31)26(24(25)39)44-27-21(32-35-29)13-12-20(43-27)16-38(15-18-8-4-2-5-9-18)28(40)42-17-19-10-6-3-7-11-19/h2-11,20-27,39H,12-17H2,1H3/t20?,21-,22-,23+,24-,25+,26-,27-/m1/s1. The van der Waals surface area contributed by atoms with Gasteiger partial charge in [-0.25, -0.2) is 4.79 Å². The molecule has 1 heterocycles. The van der Waals surface area contributed by atoms with E-state index in [1.165, 1.54) is 12.0 Å². The monoisotopic (exact) mass is 606 g/mol. The van der Waals surface area contributed by atoms with Crippen LogP contribution in [0.4, 0.5) is 4.79 Å². The molecule has 2 aromatic rings. The SMILES string of the molecule is CO[C@@H]1[C@@H](O)[C@H](O[C@H]2OC(CN(Cc3ccccc3)C(=O)OCc3ccccc3)CC[C@H]2N=[N+]=[N-])[C@@H](N=[N+]=[N-])C[C@H]1N=[N+]=[N-]. The van der Waals surface area contributed by atoms with Gasteiger partial charge < -0.3 is 29.0 Å². The zero-order chi connectivity index (χ0) is 31.3. The van der Waals surface area contributed by atoms with Crippen molar-refractivity contribution < 1.29 is 28.8 Å². The molecule has 1 unspecified atom stereocenters. The number of amides is 1. The van der Waals surface area contributed by atoms with E-state index in [1.54, 1.807) is 0 Å². The lowest BCUT2D eigenvalue weighted by molar-refractivity contribution is -0.255. The Hall–Kier alpha value is -4.52. The van der Waals surface area contributed by atoms with E-state index in [0.717, 1.165) is 11.1 Å². The van der Waals surface area contributed by atoms with E-state index in [9.17, 15) is 21.0 Å². The van der Waals surface area contributed by atoms with Crippen LogP contribution < -0.4 is 0 Å². The first-order valence-electron chi connectivity index (χ1n) is 14.1. The summed E-state index contributed by atoms with van der Waals surface area (Å²) in [7, 11) is 1.35. The highest BCUT2D eigenvalue weighted by molar-refractivity contribution is 5.67. The van der Waals surface area contributed by atoms with E-state index in [4.69, 9.17) is 24.5 Å². The Balaban J connectivity index is 1.52. The molecule has 2 fully saturated rings. The number of ether oxygens (including phenoxy) is 4. The van der Waals surface area contributed by atoms with Crippen molar-refractivity contribution in [2.75, 3.05) is 13.7 Å². The summed E-state index contributed by atoms with van der Waals surface area (Å²) in [5.74, 6) is 0. The number of aliphatic hydroxyl groups is 1. The normalized spacial score (nSPS) is 28.0. The van der Waals surface area contributed by atoms with Crippen LogP contribution in [0.1, 0.15) is 30.4 Å². The van der Waals surface area contributed by atoms with Crippen LogP contribution >= 0.6 is 0 Å². The molecule has 16 heteroatoms. The van der Waals surface area contributed by atoms with Crippen molar-refractivity contribution in [3.8, 4) is 0 Å². The van der Waals surface area contributed by atoms with Gasteiger partial charge in [0.05, 0.1) is 43.0 Å². The van der Waals surface area contributed by atoms with Crippen LogP contribution in [-0.2, 0) is 32.1 Å². The number of hydrogen-bond acceptors (Lipinski definition) is 9. The highest BCUT2D eigenvalue weighted by Crippen LogP contribution is 2.33. The van der Waals surface area contributed by atoms with Gasteiger partial charge in [0.15, 0.2) is 6.29 Å². The van der Waals surface area contributed by atoms with E-state index in [2.05, 4.69) is 30.1 Å². The van der Waals surface area contributed by atoms with Gasteiger partial charge in [-0.3, -0.25) is 0 Å². The molecule has 1 amide bonds. The molecule has 0 radical (unpaired) electrons. The van der Waals surface area contributed by atoms with Gasteiger partial charge in [-0.05, 0) is 47.0 Å². The van der Waals surface area contributed by atoms with Crippen LogP contribution in [0.3, 0.4) is 0 Å². The molecule has 1 aliphatic heterocycles. The molecular weight excluding hydrogens is 572 g/mol. The summed E-state index contributed by atoms with van der Waals surface area (Å²) in [6, 6.07) is 16.3. The molecule has 16 nitrogen and oxygen atoms in total. The maximum atomic E-state index is 13.3. The lowest BCUT2D eigenvalue weighted by Gasteiger charge is -2.44. The Labute approximate surface area is 253 Å². The lowest BCUT2D eigenvalue weighted by Crippen LogP contribution is -2.58. The van der Waals surface area contributed by atoms with Crippen molar-refractivity contribution in [2.24, 2.45) is 15.3 Å². The molecule has 0 aromatic heterocycles. The molecule has 8 atom stereocenters. The third-order valence-electron chi connectivity index (χ3n) is 7.61. The Bertz CT molecular complexity index is 1370. The van der Waals surface area contributed by atoms with Gasteiger partial charge in [0.25, 0.3) is 0 Å². The zero-order valence-corrected chi connectivity index (χ0v) is 24.1. The van der Waals surface area contributed by atoms with Crippen LogP contribution in [0.5, 0.6) is 0 Å². The summed E-state index contributed by atoms with van der Waals surface area (Å²) in [5.41, 5.74) is 29.1. The Morgan fingerprint density at radius 3 is 2.11 bits per heavy atom. The first kappa shape index (κ1) is 32.4. The van der Waals surface area contributed by atoms with Gasteiger partial charge in [0.1, 0.15) is 12.7 Å². The molecule has 1 aliphatic carbocycles. The van der Waals surface area contributed by atoms with Gasteiger partial charge >= 0.3 is 6.09 Å². The number of benzene rings is 2. The lowest BCUT2D eigenvalue weighted by atomic mass is 9.84. The third kappa shape index (κ3) is 8.53. The number of rotatable bonds is 12. The Morgan fingerprint density at radius 1 is 0.909 bits per heavy atom. The van der Waals surface area contributed by atoms with Crippen LogP contribution in [0.25, 0.3) is 31.3 Å². The molecule has 1 saturated heterocycles. The predicted molar refractivity (Wildman–Crippen MR) is 156 cm³/mol. The number of aliphatic hydroxyl groups excluding tert-OH is 1. The minimum Gasteiger partial charge on any atom is -0.445 e. The molecule has 232 valence electrons. The summed E-state index contributed by atoms with van der Waals surface area (Å²) in [4.78, 5) is 23.4. The zero-order valence-electron chi connectivity index (χ0n) is 24.1. The fourth-order valence-electron chi connectivity index (χ4n) is 5.48. The summed E-state index contributed by atoms with van der Waals surface area (Å²) in [5, 5.41) is 22.4. The average Bonchev–Trinajstić information content (AvgIpc) is 3.04. The van der Waals surface area contributed by atoms with Crippen LogP contribution in [0.15, 0.2) is 76.0 Å². The van der Waals surface area contributed by atoms with Crippen molar-refractivity contribution in [1.29, 1.82) is 0 Å². The number of nitrogens with zero attached hydrogens (tertiary/aromatic N) is 10. The Morgan fingerprint density at radius 2 is 1.50 bits per heavy atom. The fourth-order valence-corrected chi connectivity index (χ4v) is 5.48. The van der Waals surface area contributed by atoms with E-state index in [-0.39, 0.29) is 26.1 Å². The van der Waals surface area contributed by atoms with E-state index < -0.39 is 54.9 Å². The van der Waals surface area contributed by atoms with Crippen molar-refractivity contribution in [3.05, 3.63) is 103 Å². The number of hydrogen-bond donors (Lipinski definition) is 1. The van der Waals surface area contributed by atoms with Gasteiger partial charge in [0, 0.05) is 28.4 Å². The van der Waals surface area contributed by atoms with Gasteiger partial charge in [-0.15, -0.1) is 0 Å². The highest BCUT2D eigenvalue weighted by atomic mass is 16.7. The molecular formula is C28H34N10O6. The predicted octanol–water partition coefficient (Wildman–Crippen LogP) is 5.53. The maximum absolute atomic E-state index is 13.3. The van der Waals surface area contributed by atoms with Crippen LogP contribution in [-0.4, -0.2) is 78.6 Å². The summed E-state index contributed by atoms with van der Waals surface area (Å²) >= 11 is 0. The largest absolute Gasteiger partial charge is 0.445 e. The topological polar surface area (TPSA) is 224 Å². The number of carbonyl (C=O) groups excluding carboxylic acids is 1. The van der Waals surface area contributed by atoms with Gasteiger partial charge in [-0.2, -0.15) is 0 Å².